The summed E-state index contributed by atoms with van der Waals surface area (Å²) in [5, 5.41) is 0. The molecule has 1 aromatic rings. The number of rotatable bonds is 4. The second-order valence-electron chi connectivity index (χ2n) is 6.66. The zero-order valence-electron chi connectivity index (χ0n) is 13.1. The number of ether oxygens (including phenoxy) is 2. The molecule has 6 heteroatoms. The average Bonchev–Trinajstić information content (AvgIpc) is 3.21. The van der Waals surface area contributed by atoms with Crippen molar-refractivity contribution in [1.29, 1.82) is 0 Å². The highest BCUT2D eigenvalue weighted by atomic mass is 16.6. The van der Waals surface area contributed by atoms with Gasteiger partial charge in [0.1, 0.15) is 17.3 Å². The minimum Gasteiger partial charge on any atom is -0.467 e. The van der Waals surface area contributed by atoms with Crippen molar-refractivity contribution in [2.45, 2.75) is 38.2 Å². The van der Waals surface area contributed by atoms with Crippen molar-refractivity contribution in [2.75, 3.05) is 6.54 Å². The van der Waals surface area contributed by atoms with Gasteiger partial charge in [0.05, 0.1) is 37.5 Å². The summed E-state index contributed by atoms with van der Waals surface area (Å²) in [6.45, 7) is 4.43. The van der Waals surface area contributed by atoms with Gasteiger partial charge >= 0.3 is 5.97 Å². The summed E-state index contributed by atoms with van der Waals surface area (Å²) in [7, 11) is 0. The molecule has 2 fully saturated rings. The first-order chi connectivity index (χ1) is 11.0. The van der Waals surface area contributed by atoms with Crippen molar-refractivity contribution < 1.29 is 23.5 Å². The summed E-state index contributed by atoms with van der Waals surface area (Å²) < 4.78 is 16.7. The zero-order chi connectivity index (χ0) is 16.2. The predicted octanol–water partition coefficient (Wildman–Crippen LogP) is 1.51. The molecular formula is C17H19NO5. The Morgan fingerprint density at radius 1 is 1.52 bits per heavy atom. The van der Waals surface area contributed by atoms with Gasteiger partial charge in [0.15, 0.2) is 0 Å². The Kier molecular flexibility index (Phi) is 3.13. The van der Waals surface area contributed by atoms with Gasteiger partial charge in [-0.25, -0.2) is 0 Å². The van der Waals surface area contributed by atoms with E-state index in [4.69, 9.17) is 13.9 Å². The normalized spacial score (nSPS) is 34.5. The zero-order valence-corrected chi connectivity index (χ0v) is 13.1. The average molecular weight is 317 g/mol. The number of nitrogens with zero attached hydrogens (tertiary/aromatic N) is 1. The van der Waals surface area contributed by atoms with E-state index in [0.717, 1.165) is 5.76 Å². The highest BCUT2D eigenvalue weighted by Crippen LogP contribution is 2.52. The number of carbonyl (C=O) groups excluding carboxylic acids is 2. The first-order valence-corrected chi connectivity index (χ1v) is 7.89. The Bertz CT molecular complexity index is 665. The van der Waals surface area contributed by atoms with E-state index >= 15 is 0 Å². The molecule has 1 amide bonds. The first-order valence-electron chi connectivity index (χ1n) is 7.89. The minimum absolute atomic E-state index is 0.0704. The lowest BCUT2D eigenvalue weighted by molar-refractivity contribution is -0.157. The van der Waals surface area contributed by atoms with E-state index in [0.29, 0.717) is 13.1 Å². The predicted molar refractivity (Wildman–Crippen MR) is 79.1 cm³/mol. The van der Waals surface area contributed by atoms with E-state index in [1.165, 1.54) is 0 Å². The summed E-state index contributed by atoms with van der Waals surface area (Å²) in [6, 6.07) is 3.62. The number of esters is 1. The lowest BCUT2D eigenvalue weighted by Gasteiger charge is -2.23. The van der Waals surface area contributed by atoms with E-state index in [2.05, 4.69) is 0 Å². The molecule has 2 bridgehead atoms. The van der Waals surface area contributed by atoms with Crippen LogP contribution in [0.1, 0.15) is 19.6 Å². The van der Waals surface area contributed by atoms with Crippen LogP contribution in [0, 0.1) is 11.8 Å². The molecule has 6 nitrogen and oxygen atoms in total. The number of likely N-dealkylation sites (tertiary alicyclic amines) is 1. The maximum absolute atomic E-state index is 12.9. The number of carbonyl (C=O) groups is 2. The summed E-state index contributed by atoms with van der Waals surface area (Å²) in [4.78, 5) is 27.0. The van der Waals surface area contributed by atoms with E-state index in [-0.39, 0.29) is 24.1 Å². The molecule has 122 valence electrons. The van der Waals surface area contributed by atoms with Crippen molar-refractivity contribution >= 4 is 11.9 Å². The lowest BCUT2D eigenvalue weighted by Crippen LogP contribution is -2.40. The maximum atomic E-state index is 12.9. The third-order valence-electron chi connectivity index (χ3n) is 4.73. The third-order valence-corrected chi connectivity index (χ3v) is 4.73. The minimum atomic E-state index is -0.699. The van der Waals surface area contributed by atoms with Crippen LogP contribution >= 0.6 is 0 Å². The molecule has 4 rings (SSSR count). The van der Waals surface area contributed by atoms with Gasteiger partial charge in [0.2, 0.25) is 5.91 Å². The van der Waals surface area contributed by atoms with Crippen molar-refractivity contribution in [3.63, 3.8) is 0 Å². The van der Waals surface area contributed by atoms with Crippen LogP contribution < -0.4 is 0 Å². The molecule has 0 N–H and O–H groups in total. The first kappa shape index (κ1) is 14.5. The quantitative estimate of drug-likeness (QED) is 0.622. The Hall–Kier alpha value is -2.08. The number of fused-ring (bicyclic) bond motifs is 1. The summed E-state index contributed by atoms with van der Waals surface area (Å²) >= 11 is 0. The molecule has 4 heterocycles. The van der Waals surface area contributed by atoms with Gasteiger partial charge < -0.3 is 18.8 Å². The fourth-order valence-corrected chi connectivity index (χ4v) is 3.88. The van der Waals surface area contributed by atoms with Crippen LogP contribution in [0.3, 0.4) is 0 Å². The topological polar surface area (TPSA) is 69.0 Å². The van der Waals surface area contributed by atoms with Crippen LogP contribution in [0.2, 0.25) is 0 Å². The fourth-order valence-electron chi connectivity index (χ4n) is 3.88. The monoisotopic (exact) mass is 317 g/mol. The summed E-state index contributed by atoms with van der Waals surface area (Å²) in [6.07, 6.45) is 4.83. The molecule has 1 aromatic heterocycles. The van der Waals surface area contributed by atoms with E-state index in [1.807, 2.05) is 18.2 Å². The molecule has 4 atom stereocenters. The van der Waals surface area contributed by atoms with Gasteiger partial charge in [0, 0.05) is 0 Å². The van der Waals surface area contributed by atoms with Crippen LogP contribution in [0.4, 0.5) is 0 Å². The molecule has 23 heavy (non-hydrogen) atoms. The number of amides is 1. The van der Waals surface area contributed by atoms with Gasteiger partial charge in [0.25, 0.3) is 0 Å². The van der Waals surface area contributed by atoms with Gasteiger partial charge in [-0.05, 0) is 26.0 Å². The van der Waals surface area contributed by atoms with E-state index in [1.54, 1.807) is 31.1 Å². The molecule has 0 radical (unpaired) electrons. The van der Waals surface area contributed by atoms with Crippen molar-refractivity contribution in [2.24, 2.45) is 11.8 Å². The van der Waals surface area contributed by atoms with Crippen LogP contribution in [-0.4, -0.2) is 41.1 Å². The fraction of sp³-hybridized carbons (Fsp3) is 0.529. The Morgan fingerprint density at radius 2 is 2.35 bits per heavy atom. The van der Waals surface area contributed by atoms with Gasteiger partial charge in [-0.15, -0.1) is 0 Å². The van der Waals surface area contributed by atoms with Crippen molar-refractivity contribution in [3.05, 3.63) is 36.3 Å². The second-order valence-corrected chi connectivity index (χ2v) is 6.66. The molecule has 0 aromatic carbocycles. The van der Waals surface area contributed by atoms with Gasteiger partial charge in [-0.3, -0.25) is 9.59 Å². The Labute approximate surface area is 134 Å². The molecule has 3 aliphatic heterocycles. The number of hydrogen-bond acceptors (Lipinski definition) is 5. The molecule has 3 aliphatic rings. The van der Waals surface area contributed by atoms with Crippen LogP contribution in [0.25, 0.3) is 0 Å². The number of furan rings is 1. The standard InChI is InChI=1S/C17H19NO5/c1-10(2)22-16(20)13-12-5-6-17(23-12)9-18(15(19)14(13)17)8-11-4-3-7-21-11/h3-7,10,12-14H,8-9H2,1-2H3/t12-,13-,14+,17+/m1/s1. The van der Waals surface area contributed by atoms with Gasteiger partial charge in [-0.1, -0.05) is 12.2 Å². The van der Waals surface area contributed by atoms with E-state index in [9.17, 15) is 9.59 Å². The molecule has 2 saturated heterocycles. The molecule has 1 spiro atoms. The molecular weight excluding hydrogens is 298 g/mol. The Balaban J connectivity index is 1.59. The summed E-state index contributed by atoms with van der Waals surface area (Å²) in [5.74, 6) is -0.766. The molecule has 0 unspecified atom stereocenters. The molecule has 0 saturated carbocycles. The Morgan fingerprint density at radius 3 is 3.04 bits per heavy atom. The van der Waals surface area contributed by atoms with Crippen molar-refractivity contribution in [1.82, 2.24) is 4.90 Å². The SMILES string of the molecule is CC(C)OC(=O)[C@H]1[C@H]2C(=O)N(Cc3ccco3)C[C@@]23C=C[C@H]1O3. The third kappa shape index (κ3) is 2.12. The van der Waals surface area contributed by atoms with Crippen LogP contribution in [0.15, 0.2) is 35.0 Å². The smallest absolute Gasteiger partial charge is 0.313 e. The van der Waals surface area contributed by atoms with E-state index < -0.39 is 17.4 Å². The van der Waals surface area contributed by atoms with Crippen LogP contribution in [-0.2, 0) is 25.6 Å². The summed E-state index contributed by atoms with van der Waals surface area (Å²) in [5.41, 5.74) is -0.699. The highest BCUT2D eigenvalue weighted by molar-refractivity contribution is 5.91. The largest absolute Gasteiger partial charge is 0.467 e. The molecule has 0 aliphatic carbocycles. The highest BCUT2D eigenvalue weighted by Gasteiger charge is 2.67. The second kappa shape index (κ2) is 4.96. The number of hydrogen-bond donors (Lipinski definition) is 0. The van der Waals surface area contributed by atoms with Gasteiger partial charge in [-0.2, -0.15) is 0 Å². The maximum Gasteiger partial charge on any atom is 0.313 e. The van der Waals surface area contributed by atoms with Crippen LogP contribution in [0.5, 0.6) is 0 Å². The lowest BCUT2D eigenvalue weighted by atomic mass is 9.77. The van der Waals surface area contributed by atoms with Crippen molar-refractivity contribution in [3.8, 4) is 0 Å².